The third-order valence-electron chi connectivity index (χ3n) is 3.01. The van der Waals surface area contributed by atoms with Gasteiger partial charge in [0.25, 0.3) is 0 Å². The molecule has 0 spiro atoms. The molecule has 0 radical (unpaired) electrons. The fourth-order valence-corrected chi connectivity index (χ4v) is 2.27. The van der Waals surface area contributed by atoms with Gasteiger partial charge in [-0.1, -0.05) is 39.8 Å². The van der Waals surface area contributed by atoms with Gasteiger partial charge in [0, 0.05) is 18.2 Å². The molecule has 1 aliphatic rings. The summed E-state index contributed by atoms with van der Waals surface area (Å²) < 4.78 is 0. The molecule has 1 N–H and O–H groups in total. The van der Waals surface area contributed by atoms with E-state index in [2.05, 4.69) is 51.2 Å². The van der Waals surface area contributed by atoms with Gasteiger partial charge in [0.05, 0.1) is 0 Å². The second-order valence-corrected chi connectivity index (χ2v) is 5.30. The number of benzene rings is 1. The van der Waals surface area contributed by atoms with Gasteiger partial charge >= 0.3 is 0 Å². The maximum absolute atomic E-state index is 3.46. The Bertz CT molecular complexity index is 347. The van der Waals surface area contributed by atoms with E-state index in [4.69, 9.17) is 0 Å². The highest BCUT2D eigenvalue weighted by Gasteiger charge is 2.26. The van der Waals surface area contributed by atoms with Gasteiger partial charge in [-0.15, -0.1) is 0 Å². The van der Waals surface area contributed by atoms with Crippen LogP contribution in [0.25, 0.3) is 0 Å². The van der Waals surface area contributed by atoms with Gasteiger partial charge in [-0.05, 0) is 22.6 Å². The van der Waals surface area contributed by atoms with E-state index in [9.17, 15) is 0 Å². The quantitative estimate of drug-likeness (QED) is 0.658. The molecule has 1 aliphatic heterocycles. The molecule has 1 heterocycles. The lowest BCUT2D eigenvalue weighted by atomic mass is 9.81. The van der Waals surface area contributed by atoms with Crippen molar-refractivity contribution >= 4 is 5.69 Å². The lowest BCUT2D eigenvalue weighted by molar-refractivity contribution is 0.579. The summed E-state index contributed by atoms with van der Waals surface area (Å²) in [5, 5.41) is 3.46. The molecule has 14 heavy (non-hydrogen) atoms. The molecule has 76 valence electrons. The average molecular weight is 189 g/mol. The van der Waals surface area contributed by atoms with E-state index in [0.717, 1.165) is 6.54 Å². The molecule has 1 aromatic carbocycles. The summed E-state index contributed by atoms with van der Waals surface area (Å²) in [6, 6.07) is 6.61. The van der Waals surface area contributed by atoms with E-state index in [1.165, 1.54) is 16.8 Å². The van der Waals surface area contributed by atoms with Gasteiger partial charge in [0.2, 0.25) is 0 Å². The van der Waals surface area contributed by atoms with Crippen molar-refractivity contribution < 1.29 is 0 Å². The minimum absolute atomic E-state index is 0.256. The molecule has 0 aromatic heterocycles. The second kappa shape index (κ2) is 3.01. The summed E-state index contributed by atoms with van der Waals surface area (Å²) in [6.45, 7) is 10.2. The Balaban J connectivity index is 2.58. The van der Waals surface area contributed by atoms with E-state index < -0.39 is 0 Å². The highest BCUT2D eigenvalue weighted by atomic mass is 14.9. The molecular formula is C13H19N. The fourth-order valence-electron chi connectivity index (χ4n) is 2.27. The van der Waals surface area contributed by atoms with Gasteiger partial charge in [0.15, 0.2) is 0 Å². The number of fused-ring (bicyclic) bond motifs is 1. The maximum Gasteiger partial charge on any atom is 0.0379 e. The number of anilines is 1. The summed E-state index contributed by atoms with van der Waals surface area (Å²) in [7, 11) is 0. The normalized spacial score (nSPS) is 20.4. The van der Waals surface area contributed by atoms with E-state index in [1.54, 1.807) is 0 Å². The molecule has 0 saturated carbocycles. The van der Waals surface area contributed by atoms with Gasteiger partial charge in [-0.25, -0.2) is 0 Å². The number of nitrogens with one attached hydrogen (secondary N) is 1. The molecule has 0 bridgehead atoms. The van der Waals surface area contributed by atoms with Crippen molar-refractivity contribution in [2.75, 3.05) is 11.9 Å². The molecule has 1 nitrogen and oxygen atoms in total. The van der Waals surface area contributed by atoms with Crippen LogP contribution in [0.5, 0.6) is 0 Å². The lowest BCUT2D eigenvalue weighted by Crippen LogP contribution is -2.14. The summed E-state index contributed by atoms with van der Waals surface area (Å²) >= 11 is 0. The third-order valence-corrected chi connectivity index (χ3v) is 3.01. The van der Waals surface area contributed by atoms with Crippen LogP contribution in [0.1, 0.15) is 44.7 Å². The Hall–Kier alpha value is -0.980. The summed E-state index contributed by atoms with van der Waals surface area (Å²) in [6.07, 6.45) is 0. The van der Waals surface area contributed by atoms with E-state index in [-0.39, 0.29) is 5.41 Å². The molecule has 1 unspecified atom stereocenters. The Labute approximate surface area is 86.5 Å². The summed E-state index contributed by atoms with van der Waals surface area (Å²) in [5.41, 5.74) is 4.61. The Morgan fingerprint density at radius 2 is 2.00 bits per heavy atom. The van der Waals surface area contributed by atoms with E-state index >= 15 is 0 Å². The summed E-state index contributed by atoms with van der Waals surface area (Å²) in [5.74, 6) is 0.653. The van der Waals surface area contributed by atoms with Gasteiger partial charge in [-0.3, -0.25) is 0 Å². The number of hydrogen-bond donors (Lipinski definition) is 1. The van der Waals surface area contributed by atoms with Crippen molar-refractivity contribution in [2.45, 2.75) is 39.0 Å². The van der Waals surface area contributed by atoms with Crippen LogP contribution < -0.4 is 5.32 Å². The molecule has 1 heteroatoms. The van der Waals surface area contributed by atoms with Crippen molar-refractivity contribution in [3.05, 3.63) is 29.3 Å². The Morgan fingerprint density at radius 3 is 2.64 bits per heavy atom. The first-order chi connectivity index (χ1) is 6.50. The first kappa shape index (κ1) is 9.57. The number of hydrogen-bond acceptors (Lipinski definition) is 1. The van der Waals surface area contributed by atoms with Crippen molar-refractivity contribution in [1.82, 2.24) is 0 Å². The van der Waals surface area contributed by atoms with E-state index in [0.29, 0.717) is 5.92 Å². The molecular weight excluding hydrogens is 170 g/mol. The van der Waals surface area contributed by atoms with Crippen molar-refractivity contribution in [1.29, 1.82) is 0 Å². The predicted molar refractivity (Wildman–Crippen MR) is 62.0 cm³/mol. The molecule has 0 aliphatic carbocycles. The zero-order chi connectivity index (χ0) is 10.3. The summed E-state index contributed by atoms with van der Waals surface area (Å²) in [4.78, 5) is 0. The molecule has 1 atom stereocenters. The molecule has 1 aromatic rings. The largest absolute Gasteiger partial charge is 0.384 e. The molecule has 0 fully saturated rings. The fraction of sp³-hybridized carbons (Fsp3) is 0.538. The van der Waals surface area contributed by atoms with Crippen molar-refractivity contribution in [3.8, 4) is 0 Å². The number of rotatable bonds is 0. The van der Waals surface area contributed by atoms with Crippen LogP contribution in [-0.2, 0) is 5.41 Å². The third kappa shape index (κ3) is 1.41. The molecule has 0 saturated heterocycles. The highest BCUT2D eigenvalue weighted by molar-refractivity contribution is 5.61. The zero-order valence-electron chi connectivity index (χ0n) is 9.52. The monoisotopic (exact) mass is 189 g/mol. The van der Waals surface area contributed by atoms with Crippen LogP contribution in [0.4, 0.5) is 5.69 Å². The van der Waals surface area contributed by atoms with Crippen LogP contribution in [-0.4, -0.2) is 6.54 Å². The first-order valence-electron chi connectivity index (χ1n) is 5.37. The van der Waals surface area contributed by atoms with Crippen LogP contribution in [0.15, 0.2) is 18.2 Å². The van der Waals surface area contributed by atoms with Gasteiger partial charge in [-0.2, -0.15) is 0 Å². The van der Waals surface area contributed by atoms with Gasteiger partial charge in [0.1, 0.15) is 0 Å². The van der Waals surface area contributed by atoms with Crippen molar-refractivity contribution in [2.24, 2.45) is 0 Å². The van der Waals surface area contributed by atoms with Crippen LogP contribution in [0.2, 0.25) is 0 Å². The topological polar surface area (TPSA) is 12.0 Å². The Morgan fingerprint density at radius 1 is 1.29 bits per heavy atom. The molecule has 2 rings (SSSR count). The lowest BCUT2D eigenvalue weighted by Gasteiger charge is -2.23. The Kier molecular flexibility index (Phi) is 2.06. The van der Waals surface area contributed by atoms with Gasteiger partial charge < -0.3 is 5.32 Å². The zero-order valence-corrected chi connectivity index (χ0v) is 9.52. The second-order valence-electron chi connectivity index (χ2n) is 5.30. The van der Waals surface area contributed by atoms with Crippen LogP contribution in [0.3, 0.4) is 0 Å². The minimum Gasteiger partial charge on any atom is -0.384 e. The SMILES string of the molecule is CC1CNc2cccc(C(C)(C)C)c21. The standard InChI is InChI=1S/C13H19N/c1-9-8-14-11-7-5-6-10(12(9)11)13(2,3)4/h5-7,9,14H,8H2,1-4H3. The average Bonchev–Trinajstić information content (AvgIpc) is 2.46. The van der Waals surface area contributed by atoms with Crippen molar-refractivity contribution in [3.63, 3.8) is 0 Å². The first-order valence-corrected chi connectivity index (χ1v) is 5.37. The molecule has 0 amide bonds. The van der Waals surface area contributed by atoms with Crippen LogP contribution in [0, 0.1) is 0 Å². The van der Waals surface area contributed by atoms with Crippen LogP contribution >= 0.6 is 0 Å². The predicted octanol–water partition coefficient (Wildman–Crippen LogP) is 3.51. The maximum atomic E-state index is 3.46. The van der Waals surface area contributed by atoms with E-state index in [1.807, 2.05) is 0 Å². The highest BCUT2D eigenvalue weighted by Crippen LogP contribution is 2.38. The smallest absolute Gasteiger partial charge is 0.0379 e. The minimum atomic E-state index is 0.256.